The van der Waals surface area contributed by atoms with Crippen LogP contribution in [0.3, 0.4) is 0 Å². The summed E-state index contributed by atoms with van der Waals surface area (Å²) in [5.41, 5.74) is 0.534. The number of aryl methyl sites for hydroxylation is 1. The number of rotatable bonds is 3. The van der Waals surface area contributed by atoms with Crippen molar-refractivity contribution in [1.82, 2.24) is 5.32 Å². The standard InChI is InChI=1S/C16H24N2S2/c1-2-13-6-7-14(20-13)10-17-15-18-11-16(12-19-15)8-4-3-5-9-16/h6-7H,2-5,8-12H2,1H3,(H,17,18). The minimum atomic E-state index is 0.534. The van der Waals surface area contributed by atoms with E-state index in [0.717, 1.165) is 24.7 Å². The molecule has 1 aromatic rings. The number of nitrogens with one attached hydrogen (secondary N) is 1. The van der Waals surface area contributed by atoms with Crippen LogP contribution in [0.4, 0.5) is 0 Å². The Morgan fingerprint density at radius 3 is 2.65 bits per heavy atom. The van der Waals surface area contributed by atoms with Crippen LogP contribution in [0.25, 0.3) is 0 Å². The number of thioether (sulfide) groups is 1. The van der Waals surface area contributed by atoms with Crippen molar-refractivity contribution in [2.75, 3.05) is 12.3 Å². The van der Waals surface area contributed by atoms with Crippen molar-refractivity contribution in [1.29, 1.82) is 0 Å². The van der Waals surface area contributed by atoms with Gasteiger partial charge in [-0.1, -0.05) is 37.9 Å². The van der Waals surface area contributed by atoms with Crippen LogP contribution in [-0.4, -0.2) is 17.5 Å². The van der Waals surface area contributed by atoms with E-state index in [4.69, 9.17) is 4.99 Å². The van der Waals surface area contributed by atoms with E-state index in [0.29, 0.717) is 5.41 Å². The summed E-state index contributed by atoms with van der Waals surface area (Å²) in [5, 5.41) is 4.68. The zero-order valence-electron chi connectivity index (χ0n) is 12.3. The number of amidine groups is 1. The highest BCUT2D eigenvalue weighted by molar-refractivity contribution is 8.13. The van der Waals surface area contributed by atoms with Gasteiger partial charge < -0.3 is 5.32 Å². The third-order valence-electron chi connectivity index (χ3n) is 4.47. The average Bonchev–Trinajstić information content (AvgIpc) is 2.96. The highest BCUT2D eigenvalue weighted by atomic mass is 32.2. The molecule has 1 spiro atoms. The van der Waals surface area contributed by atoms with Gasteiger partial charge in [-0.2, -0.15) is 0 Å². The molecule has 1 saturated carbocycles. The lowest BCUT2D eigenvalue weighted by Gasteiger charge is -2.38. The van der Waals surface area contributed by atoms with Crippen LogP contribution in [0.1, 0.15) is 48.8 Å². The normalized spacial score (nSPS) is 21.8. The smallest absolute Gasteiger partial charge is 0.156 e. The van der Waals surface area contributed by atoms with E-state index in [2.05, 4.69) is 24.4 Å². The molecule has 0 unspecified atom stereocenters. The van der Waals surface area contributed by atoms with E-state index in [9.17, 15) is 0 Å². The molecule has 0 atom stereocenters. The second kappa shape index (κ2) is 6.52. The van der Waals surface area contributed by atoms with Crippen molar-refractivity contribution in [3.63, 3.8) is 0 Å². The summed E-state index contributed by atoms with van der Waals surface area (Å²) < 4.78 is 0. The van der Waals surface area contributed by atoms with Crippen molar-refractivity contribution in [2.24, 2.45) is 10.4 Å². The maximum absolute atomic E-state index is 4.82. The number of hydrogen-bond acceptors (Lipinski definition) is 4. The van der Waals surface area contributed by atoms with E-state index >= 15 is 0 Å². The van der Waals surface area contributed by atoms with E-state index in [1.54, 1.807) is 0 Å². The Hall–Kier alpha value is -0.480. The monoisotopic (exact) mass is 308 g/mol. The molecule has 0 bridgehead atoms. The van der Waals surface area contributed by atoms with Gasteiger partial charge in [-0.05, 0) is 36.8 Å². The average molecular weight is 309 g/mol. The molecule has 0 saturated heterocycles. The maximum Gasteiger partial charge on any atom is 0.156 e. The molecule has 110 valence electrons. The number of aliphatic imine (C=N–C) groups is 1. The lowest BCUT2D eigenvalue weighted by molar-refractivity contribution is 0.232. The van der Waals surface area contributed by atoms with Gasteiger partial charge in [0.15, 0.2) is 5.17 Å². The topological polar surface area (TPSA) is 24.4 Å². The van der Waals surface area contributed by atoms with Gasteiger partial charge in [0.25, 0.3) is 0 Å². The second-order valence-corrected chi connectivity index (χ2v) is 8.26. The summed E-state index contributed by atoms with van der Waals surface area (Å²) in [6.45, 7) is 4.20. The number of hydrogen-bond donors (Lipinski definition) is 1. The van der Waals surface area contributed by atoms with Gasteiger partial charge in [-0.25, -0.2) is 0 Å². The van der Waals surface area contributed by atoms with Crippen LogP contribution in [0.5, 0.6) is 0 Å². The minimum absolute atomic E-state index is 0.534. The fourth-order valence-electron chi connectivity index (χ4n) is 3.13. The zero-order chi connectivity index (χ0) is 13.8. The van der Waals surface area contributed by atoms with Gasteiger partial charge in [0, 0.05) is 22.1 Å². The Morgan fingerprint density at radius 2 is 2.00 bits per heavy atom. The third kappa shape index (κ3) is 3.40. The summed E-state index contributed by atoms with van der Waals surface area (Å²) in [6.07, 6.45) is 8.17. The highest BCUT2D eigenvalue weighted by Crippen LogP contribution is 2.41. The van der Waals surface area contributed by atoms with Gasteiger partial charge in [-0.3, -0.25) is 4.99 Å². The van der Waals surface area contributed by atoms with Gasteiger partial charge in [0.1, 0.15) is 0 Å². The first-order chi connectivity index (χ1) is 9.80. The predicted octanol–water partition coefficient (Wildman–Crippen LogP) is 4.45. The first-order valence-electron chi connectivity index (χ1n) is 7.78. The Labute approximate surface area is 130 Å². The first-order valence-corrected chi connectivity index (χ1v) is 9.59. The molecule has 1 aliphatic carbocycles. The van der Waals surface area contributed by atoms with E-state index < -0.39 is 0 Å². The third-order valence-corrected chi connectivity index (χ3v) is 7.00. The molecule has 0 amide bonds. The van der Waals surface area contributed by atoms with Crippen molar-refractivity contribution in [3.8, 4) is 0 Å². The molecule has 1 aromatic heterocycles. The molecule has 4 heteroatoms. The van der Waals surface area contributed by atoms with Crippen molar-refractivity contribution in [3.05, 3.63) is 21.9 Å². The molecule has 1 fully saturated rings. The lowest BCUT2D eigenvalue weighted by atomic mass is 9.75. The van der Waals surface area contributed by atoms with Gasteiger partial charge >= 0.3 is 0 Å². The van der Waals surface area contributed by atoms with E-state index in [1.165, 1.54) is 47.6 Å². The summed E-state index contributed by atoms with van der Waals surface area (Å²) >= 11 is 3.86. The molecule has 0 aromatic carbocycles. The Morgan fingerprint density at radius 1 is 1.20 bits per heavy atom. The van der Waals surface area contributed by atoms with Gasteiger partial charge in [0.05, 0.1) is 6.54 Å². The van der Waals surface area contributed by atoms with Gasteiger partial charge in [0.2, 0.25) is 0 Å². The van der Waals surface area contributed by atoms with Gasteiger partial charge in [-0.15, -0.1) is 11.3 Å². The summed E-state index contributed by atoms with van der Waals surface area (Å²) in [7, 11) is 0. The SMILES string of the molecule is CCc1ccc(CNC2=NCC3(CCCCC3)CS2)s1. The molecule has 3 rings (SSSR count). The van der Waals surface area contributed by atoms with E-state index in [-0.39, 0.29) is 0 Å². The van der Waals surface area contributed by atoms with Crippen molar-refractivity contribution >= 4 is 28.3 Å². The van der Waals surface area contributed by atoms with Crippen molar-refractivity contribution < 1.29 is 0 Å². The van der Waals surface area contributed by atoms with Crippen LogP contribution in [0.15, 0.2) is 17.1 Å². The molecule has 20 heavy (non-hydrogen) atoms. The van der Waals surface area contributed by atoms with Crippen LogP contribution >= 0.6 is 23.1 Å². The summed E-state index contributed by atoms with van der Waals surface area (Å²) in [4.78, 5) is 7.71. The molecule has 2 nitrogen and oxygen atoms in total. The van der Waals surface area contributed by atoms with Crippen LogP contribution < -0.4 is 5.32 Å². The number of nitrogens with zero attached hydrogens (tertiary/aromatic N) is 1. The second-order valence-electron chi connectivity index (χ2n) is 6.05. The molecular formula is C16H24N2S2. The largest absolute Gasteiger partial charge is 0.360 e. The highest BCUT2D eigenvalue weighted by Gasteiger charge is 2.34. The van der Waals surface area contributed by atoms with Crippen LogP contribution in [-0.2, 0) is 13.0 Å². The molecule has 2 aliphatic rings. The Balaban J connectivity index is 1.51. The molecule has 2 heterocycles. The fourth-order valence-corrected chi connectivity index (χ4v) is 5.18. The Kier molecular flexibility index (Phi) is 4.72. The zero-order valence-corrected chi connectivity index (χ0v) is 13.9. The minimum Gasteiger partial charge on any atom is -0.360 e. The van der Waals surface area contributed by atoms with Crippen molar-refractivity contribution in [2.45, 2.75) is 52.0 Å². The van der Waals surface area contributed by atoms with Crippen LogP contribution in [0, 0.1) is 5.41 Å². The molecular weight excluding hydrogens is 284 g/mol. The number of thiophene rings is 1. The molecule has 1 aliphatic heterocycles. The summed E-state index contributed by atoms with van der Waals surface area (Å²) in [6, 6.07) is 4.49. The Bertz CT molecular complexity index is 473. The summed E-state index contributed by atoms with van der Waals surface area (Å²) in [5.74, 6) is 1.27. The molecule has 1 N–H and O–H groups in total. The fraction of sp³-hybridized carbons (Fsp3) is 0.688. The first kappa shape index (κ1) is 14.5. The quantitative estimate of drug-likeness (QED) is 0.892. The molecule has 0 radical (unpaired) electrons. The van der Waals surface area contributed by atoms with Crippen LogP contribution in [0.2, 0.25) is 0 Å². The predicted molar refractivity (Wildman–Crippen MR) is 90.8 cm³/mol. The van der Waals surface area contributed by atoms with E-state index in [1.807, 2.05) is 23.1 Å². The maximum atomic E-state index is 4.82. The lowest BCUT2D eigenvalue weighted by Crippen LogP contribution is -2.36.